The van der Waals surface area contributed by atoms with Gasteiger partial charge in [0, 0.05) is 0 Å². The van der Waals surface area contributed by atoms with E-state index in [1.54, 1.807) is 18.2 Å². The number of nitrogens with one attached hydrogen (secondary N) is 1. The van der Waals surface area contributed by atoms with Crippen LogP contribution in [0.25, 0.3) is 11.0 Å². The van der Waals surface area contributed by atoms with E-state index in [1.807, 2.05) is 18.2 Å². The fourth-order valence-corrected chi connectivity index (χ4v) is 3.61. The van der Waals surface area contributed by atoms with Crippen LogP contribution in [0.15, 0.2) is 53.4 Å². The summed E-state index contributed by atoms with van der Waals surface area (Å²) in [5.41, 5.74) is 1.22. The standard InChI is InChI=1S/C20H23N3O4S/c1-3-4-7-14-27-20-19(21-17-8-5-6-9-18(17)22-20)23-28(24,25)16-12-10-15(26-2)11-13-16/h5-6,8-13H,3-4,7,14H2,1-2H3,(H,21,23). The van der Waals surface area contributed by atoms with Crippen molar-refractivity contribution in [3.8, 4) is 11.6 Å². The van der Waals surface area contributed by atoms with Crippen molar-refractivity contribution in [3.05, 3.63) is 48.5 Å². The number of sulfonamides is 1. The number of para-hydroxylation sites is 2. The maximum absolute atomic E-state index is 12.8. The number of nitrogens with zero attached hydrogens (tertiary/aromatic N) is 2. The Balaban J connectivity index is 1.92. The number of benzene rings is 2. The molecule has 148 valence electrons. The van der Waals surface area contributed by atoms with Crippen molar-refractivity contribution in [2.75, 3.05) is 18.4 Å². The quantitative estimate of drug-likeness (QED) is 0.545. The number of rotatable bonds is 9. The van der Waals surface area contributed by atoms with Crippen LogP contribution in [-0.4, -0.2) is 32.1 Å². The maximum atomic E-state index is 12.8. The van der Waals surface area contributed by atoms with E-state index in [-0.39, 0.29) is 16.6 Å². The summed E-state index contributed by atoms with van der Waals surface area (Å²) >= 11 is 0. The van der Waals surface area contributed by atoms with Crippen molar-refractivity contribution < 1.29 is 17.9 Å². The van der Waals surface area contributed by atoms with Gasteiger partial charge in [-0.2, -0.15) is 0 Å². The zero-order valence-electron chi connectivity index (χ0n) is 15.9. The van der Waals surface area contributed by atoms with Gasteiger partial charge in [-0.15, -0.1) is 0 Å². The Bertz CT molecular complexity index is 1040. The largest absolute Gasteiger partial charge is 0.497 e. The van der Waals surface area contributed by atoms with Gasteiger partial charge in [-0.05, 0) is 42.8 Å². The number of methoxy groups -OCH3 is 1. The predicted octanol–water partition coefficient (Wildman–Crippen LogP) is 4.01. The Morgan fingerprint density at radius 1 is 0.964 bits per heavy atom. The number of aromatic nitrogens is 2. The molecule has 7 nitrogen and oxygen atoms in total. The minimum Gasteiger partial charge on any atom is -0.497 e. The summed E-state index contributed by atoms with van der Waals surface area (Å²) in [6.45, 7) is 2.54. The third kappa shape index (κ3) is 4.69. The second kappa shape index (κ2) is 8.88. The van der Waals surface area contributed by atoms with Crippen LogP contribution in [0.5, 0.6) is 11.6 Å². The molecule has 8 heteroatoms. The Hall–Kier alpha value is -2.87. The van der Waals surface area contributed by atoms with Crippen LogP contribution >= 0.6 is 0 Å². The van der Waals surface area contributed by atoms with Crippen molar-refractivity contribution >= 4 is 26.9 Å². The van der Waals surface area contributed by atoms with Crippen LogP contribution in [0.3, 0.4) is 0 Å². The molecule has 2 aromatic carbocycles. The first-order valence-electron chi connectivity index (χ1n) is 9.10. The van der Waals surface area contributed by atoms with Crippen LogP contribution in [0, 0.1) is 0 Å². The number of unbranched alkanes of at least 4 members (excludes halogenated alkanes) is 2. The third-order valence-corrected chi connectivity index (χ3v) is 5.48. The Morgan fingerprint density at radius 2 is 1.64 bits per heavy atom. The lowest BCUT2D eigenvalue weighted by Gasteiger charge is -2.13. The van der Waals surface area contributed by atoms with E-state index in [0.29, 0.717) is 23.4 Å². The van der Waals surface area contributed by atoms with Gasteiger partial charge < -0.3 is 9.47 Å². The first-order valence-corrected chi connectivity index (χ1v) is 10.6. The van der Waals surface area contributed by atoms with Gasteiger partial charge in [0.15, 0.2) is 0 Å². The van der Waals surface area contributed by atoms with Gasteiger partial charge in [0.25, 0.3) is 15.9 Å². The Morgan fingerprint density at radius 3 is 2.29 bits per heavy atom. The average Bonchev–Trinajstić information content (AvgIpc) is 2.71. The molecule has 1 heterocycles. The summed E-state index contributed by atoms with van der Waals surface area (Å²) in [6.07, 6.45) is 2.94. The minimum absolute atomic E-state index is 0.0750. The zero-order chi connectivity index (χ0) is 20.0. The van der Waals surface area contributed by atoms with Crippen molar-refractivity contribution in [2.24, 2.45) is 0 Å². The van der Waals surface area contributed by atoms with E-state index in [0.717, 1.165) is 19.3 Å². The molecule has 0 aliphatic rings. The Kier molecular flexibility index (Phi) is 6.30. The molecule has 1 N–H and O–H groups in total. The summed E-state index contributed by atoms with van der Waals surface area (Å²) < 4.78 is 38.9. The molecule has 0 unspecified atom stereocenters. The van der Waals surface area contributed by atoms with E-state index in [9.17, 15) is 8.42 Å². The molecule has 0 spiro atoms. The number of ether oxygens (including phenoxy) is 2. The lowest BCUT2D eigenvalue weighted by Crippen LogP contribution is -2.16. The highest BCUT2D eigenvalue weighted by Gasteiger charge is 2.19. The minimum atomic E-state index is -3.85. The van der Waals surface area contributed by atoms with Gasteiger partial charge in [0.05, 0.1) is 29.6 Å². The number of fused-ring (bicyclic) bond motifs is 1. The summed E-state index contributed by atoms with van der Waals surface area (Å²) in [5.74, 6) is 0.822. The van der Waals surface area contributed by atoms with Crippen LogP contribution in [-0.2, 0) is 10.0 Å². The third-order valence-electron chi connectivity index (χ3n) is 4.13. The monoisotopic (exact) mass is 401 g/mol. The average molecular weight is 401 g/mol. The van der Waals surface area contributed by atoms with Crippen LogP contribution in [0.1, 0.15) is 26.2 Å². The van der Waals surface area contributed by atoms with E-state index >= 15 is 0 Å². The summed E-state index contributed by atoms with van der Waals surface area (Å²) in [6, 6.07) is 13.4. The first kappa shape index (κ1) is 19.9. The number of hydrogen-bond donors (Lipinski definition) is 1. The second-order valence-electron chi connectivity index (χ2n) is 6.20. The molecular weight excluding hydrogens is 378 g/mol. The molecule has 1 aromatic heterocycles. The van der Waals surface area contributed by atoms with E-state index in [1.165, 1.54) is 19.2 Å². The molecule has 0 atom stereocenters. The SMILES string of the molecule is CCCCCOc1nc2ccccc2nc1NS(=O)(=O)c1ccc(OC)cc1. The van der Waals surface area contributed by atoms with Crippen molar-refractivity contribution in [1.29, 1.82) is 0 Å². The molecule has 28 heavy (non-hydrogen) atoms. The van der Waals surface area contributed by atoms with Gasteiger partial charge in [-0.1, -0.05) is 31.9 Å². The van der Waals surface area contributed by atoms with Gasteiger partial charge in [0.2, 0.25) is 5.82 Å². The van der Waals surface area contributed by atoms with Crippen LogP contribution in [0.4, 0.5) is 5.82 Å². The van der Waals surface area contributed by atoms with E-state index in [4.69, 9.17) is 9.47 Å². The Labute approximate surface area is 164 Å². The smallest absolute Gasteiger partial charge is 0.263 e. The van der Waals surface area contributed by atoms with Crippen LogP contribution < -0.4 is 14.2 Å². The van der Waals surface area contributed by atoms with E-state index in [2.05, 4.69) is 21.6 Å². The van der Waals surface area contributed by atoms with Crippen molar-refractivity contribution in [3.63, 3.8) is 0 Å². The molecule has 0 amide bonds. The molecule has 0 radical (unpaired) electrons. The molecule has 0 bridgehead atoms. The molecule has 0 fully saturated rings. The van der Waals surface area contributed by atoms with Crippen LogP contribution in [0.2, 0.25) is 0 Å². The van der Waals surface area contributed by atoms with Crippen molar-refractivity contribution in [2.45, 2.75) is 31.1 Å². The fraction of sp³-hybridized carbons (Fsp3) is 0.300. The highest BCUT2D eigenvalue weighted by atomic mass is 32.2. The first-order chi connectivity index (χ1) is 13.5. The van der Waals surface area contributed by atoms with Gasteiger partial charge in [-0.25, -0.2) is 18.4 Å². The summed E-state index contributed by atoms with van der Waals surface area (Å²) in [7, 11) is -2.33. The van der Waals surface area contributed by atoms with Gasteiger partial charge in [0.1, 0.15) is 5.75 Å². The molecule has 0 saturated heterocycles. The molecular formula is C20H23N3O4S. The molecule has 0 aliphatic heterocycles. The topological polar surface area (TPSA) is 90.4 Å². The molecule has 0 saturated carbocycles. The van der Waals surface area contributed by atoms with Gasteiger partial charge >= 0.3 is 0 Å². The molecule has 0 aliphatic carbocycles. The predicted molar refractivity (Wildman–Crippen MR) is 108 cm³/mol. The number of anilines is 1. The summed E-state index contributed by atoms with van der Waals surface area (Å²) in [4.78, 5) is 8.96. The molecule has 3 rings (SSSR count). The lowest BCUT2D eigenvalue weighted by molar-refractivity contribution is 0.297. The zero-order valence-corrected chi connectivity index (χ0v) is 16.7. The van der Waals surface area contributed by atoms with Crippen molar-refractivity contribution in [1.82, 2.24) is 9.97 Å². The highest BCUT2D eigenvalue weighted by molar-refractivity contribution is 7.92. The summed E-state index contributed by atoms with van der Waals surface area (Å²) in [5, 5.41) is 0. The highest BCUT2D eigenvalue weighted by Crippen LogP contribution is 2.27. The van der Waals surface area contributed by atoms with Gasteiger partial charge in [-0.3, -0.25) is 4.72 Å². The maximum Gasteiger partial charge on any atom is 0.263 e. The fourth-order valence-electron chi connectivity index (χ4n) is 2.61. The lowest BCUT2D eigenvalue weighted by atomic mass is 10.3. The number of hydrogen-bond acceptors (Lipinski definition) is 6. The normalized spacial score (nSPS) is 11.4. The molecule has 3 aromatic rings. The van der Waals surface area contributed by atoms with E-state index < -0.39 is 10.0 Å². The second-order valence-corrected chi connectivity index (χ2v) is 7.89.